The fourth-order valence-corrected chi connectivity index (χ4v) is 2.89. The normalized spacial score (nSPS) is 14.9. The van der Waals surface area contributed by atoms with E-state index in [0.717, 1.165) is 49.2 Å². The van der Waals surface area contributed by atoms with Gasteiger partial charge in [0.1, 0.15) is 11.6 Å². The van der Waals surface area contributed by atoms with Gasteiger partial charge in [0.25, 0.3) is 0 Å². The zero-order chi connectivity index (χ0) is 15.5. The van der Waals surface area contributed by atoms with Crippen LogP contribution >= 0.6 is 0 Å². The summed E-state index contributed by atoms with van der Waals surface area (Å²) in [5.41, 5.74) is 2.24. The van der Waals surface area contributed by atoms with Crippen LogP contribution in [0.4, 0.5) is 5.82 Å². The van der Waals surface area contributed by atoms with Crippen LogP contribution in [0.5, 0.6) is 0 Å². The Morgan fingerprint density at radius 3 is 2.17 bits per heavy atom. The number of hydrogen-bond acceptors (Lipinski definition) is 3. The molecule has 1 fully saturated rings. The number of para-hydroxylation sites is 1. The van der Waals surface area contributed by atoms with Gasteiger partial charge in [-0.15, -0.1) is 0 Å². The first kappa shape index (κ1) is 14.0. The van der Waals surface area contributed by atoms with Crippen LogP contribution in [-0.2, 0) is 4.74 Å². The molecule has 2 aromatic carbocycles. The summed E-state index contributed by atoms with van der Waals surface area (Å²) >= 11 is 0. The van der Waals surface area contributed by atoms with Crippen molar-refractivity contribution in [2.24, 2.45) is 0 Å². The van der Waals surface area contributed by atoms with Gasteiger partial charge in [-0.3, -0.25) is 4.57 Å². The molecule has 1 aliphatic heterocycles. The fraction of sp³-hybridized carbons (Fsp3) is 0.211. The number of anilines is 1. The highest BCUT2D eigenvalue weighted by Gasteiger charge is 2.18. The van der Waals surface area contributed by atoms with Gasteiger partial charge in [0.2, 0.25) is 0 Å². The molecule has 0 N–H and O–H groups in total. The van der Waals surface area contributed by atoms with Gasteiger partial charge in [0.05, 0.1) is 19.4 Å². The van der Waals surface area contributed by atoms with Crippen molar-refractivity contribution < 1.29 is 4.74 Å². The fourth-order valence-electron chi connectivity index (χ4n) is 2.89. The molecular formula is C19H19N3O. The van der Waals surface area contributed by atoms with Crippen LogP contribution in [0.2, 0.25) is 0 Å². The van der Waals surface area contributed by atoms with Gasteiger partial charge in [-0.1, -0.05) is 48.5 Å². The number of aromatic nitrogens is 2. The van der Waals surface area contributed by atoms with Crippen LogP contribution in [0.1, 0.15) is 0 Å². The van der Waals surface area contributed by atoms with E-state index in [1.807, 2.05) is 24.3 Å². The van der Waals surface area contributed by atoms with Crippen molar-refractivity contribution in [2.45, 2.75) is 0 Å². The number of imidazole rings is 1. The van der Waals surface area contributed by atoms with Gasteiger partial charge < -0.3 is 9.64 Å². The third kappa shape index (κ3) is 2.85. The molecule has 0 amide bonds. The maximum absolute atomic E-state index is 5.45. The lowest BCUT2D eigenvalue weighted by Gasteiger charge is -2.26. The van der Waals surface area contributed by atoms with Crippen LogP contribution in [-0.4, -0.2) is 35.9 Å². The van der Waals surface area contributed by atoms with E-state index in [1.54, 1.807) is 0 Å². The van der Waals surface area contributed by atoms with Gasteiger partial charge in [-0.2, -0.15) is 0 Å². The molecule has 4 heteroatoms. The molecule has 0 atom stereocenters. The Labute approximate surface area is 136 Å². The van der Waals surface area contributed by atoms with Gasteiger partial charge >= 0.3 is 0 Å². The summed E-state index contributed by atoms with van der Waals surface area (Å²) in [6.45, 7) is 3.30. The molecule has 0 unspecified atom stereocenters. The highest BCUT2D eigenvalue weighted by atomic mass is 16.5. The topological polar surface area (TPSA) is 30.3 Å². The van der Waals surface area contributed by atoms with E-state index in [1.165, 1.54) is 0 Å². The summed E-state index contributed by atoms with van der Waals surface area (Å²) in [7, 11) is 0. The second kappa shape index (κ2) is 6.26. The standard InChI is InChI=1S/C19H19N3O/c1-3-7-16(8-4-1)19-20-18(21-11-13-23-14-12-21)15-22(19)17-9-5-2-6-10-17/h1-10,15H,11-14H2. The first-order valence-electron chi connectivity index (χ1n) is 7.95. The molecule has 0 radical (unpaired) electrons. The van der Waals surface area contributed by atoms with Crippen molar-refractivity contribution in [1.82, 2.24) is 9.55 Å². The predicted octanol–water partition coefficient (Wildman–Crippen LogP) is 3.38. The molecule has 4 rings (SSSR count). The highest BCUT2D eigenvalue weighted by molar-refractivity contribution is 5.62. The Morgan fingerprint density at radius 1 is 0.826 bits per heavy atom. The number of rotatable bonds is 3. The van der Waals surface area contributed by atoms with Gasteiger partial charge in [0, 0.05) is 24.3 Å². The van der Waals surface area contributed by atoms with Crippen molar-refractivity contribution in [3.8, 4) is 17.1 Å². The Kier molecular flexibility index (Phi) is 3.82. The largest absolute Gasteiger partial charge is 0.378 e. The highest BCUT2D eigenvalue weighted by Crippen LogP contribution is 2.26. The van der Waals surface area contributed by atoms with Gasteiger partial charge in [0.15, 0.2) is 0 Å². The average molecular weight is 305 g/mol. The summed E-state index contributed by atoms with van der Waals surface area (Å²) in [6, 6.07) is 20.7. The molecule has 0 aliphatic carbocycles. The number of nitrogens with zero attached hydrogens (tertiary/aromatic N) is 3. The molecule has 1 aromatic heterocycles. The molecule has 0 saturated carbocycles. The van der Waals surface area contributed by atoms with E-state index >= 15 is 0 Å². The number of morpholine rings is 1. The number of hydrogen-bond donors (Lipinski definition) is 0. The maximum Gasteiger partial charge on any atom is 0.148 e. The van der Waals surface area contributed by atoms with Crippen molar-refractivity contribution >= 4 is 5.82 Å². The Morgan fingerprint density at radius 2 is 1.48 bits per heavy atom. The number of ether oxygens (including phenoxy) is 1. The second-order valence-corrected chi connectivity index (χ2v) is 5.59. The number of benzene rings is 2. The average Bonchev–Trinajstić information content (AvgIpc) is 3.09. The lowest BCUT2D eigenvalue weighted by molar-refractivity contribution is 0.122. The minimum absolute atomic E-state index is 0.763. The smallest absolute Gasteiger partial charge is 0.148 e. The molecule has 0 bridgehead atoms. The first-order valence-corrected chi connectivity index (χ1v) is 7.95. The molecule has 116 valence electrons. The lowest BCUT2D eigenvalue weighted by Crippen LogP contribution is -2.36. The quantitative estimate of drug-likeness (QED) is 0.743. The van der Waals surface area contributed by atoms with E-state index < -0.39 is 0 Å². The Bertz CT molecular complexity index is 705. The van der Waals surface area contributed by atoms with E-state index in [2.05, 4.69) is 52.1 Å². The Balaban J connectivity index is 1.81. The van der Waals surface area contributed by atoms with Crippen LogP contribution in [0.3, 0.4) is 0 Å². The third-order valence-corrected chi connectivity index (χ3v) is 4.09. The predicted molar refractivity (Wildman–Crippen MR) is 92.0 cm³/mol. The molecular weight excluding hydrogens is 286 g/mol. The lowest BCUT2D eigenvalue weighted by atomic mass is 10.2. The summed E-state index contributed by atoms with van der Waals surface area (Å²) in [4.78, 5) is 7.20. The molecule has 3 aromatic rings. The van der Waals surface area contributed by atoms with Gasteiger partial charge in [-0.05, 0) is 12.1 Å². The van der Waals surface area contributed by atoms with E-state index in [4.69, 9.17) is 9.72 Å². The van der Waals surface area contributed by atoms with Crippen molar-refractivity contribution in [3.63, 3.8) is 0 Å². The minimum Gasteiger partial charge on any atom is -0.378 e. The van der Waals surface area contributed by atoms with Crippen LogP contribution in [0, 0.1) is 0 Å². The van der Waals surface area contributed by atoms with E-state index in [9.17, 15) is 0 Å². The third-order valence-electron chi connectivity index (χ3n) is 4.09. The zero-order valence-corrected chi connectivity index (χ0v) is 12.9. The summed E-state index contributed by atoms with van der Waals surface area (Å²) < 4.78 is 7.62. The molecule has 1 aliphatic rings. The van der Waals surface area contributed by atoms with E-state index in [-0.39, 0.29) is 0 Å². The van der Waals surface area contributed by atoms with Crippen LogP contribution in [0.25, 0.3) is 17.1 Å². The second-order valence-electron chi connectivity index (χ2n) is 5.59. The summed E-state index contributed by atoms with van der Waals surface area (Å²) in [5, 5.41) is 0. The van der Waals surface area contributed by atoms with Crippen LogP contribution < -0.4 is 4.90 Å². The molecule has 2 heterocycles. The maximum atomic E-state index is 5.45. The van der Waals surface area contributed by atoms with Crippen molar-refractivity contribution in [1.29, 1.82) is 0 Å². The zero-order valence-electron chi connectivity index (χ0n) is 12.9. The minimum atomic E-state index is 0.763. The molecule has 1 saturated heterocycles. The van der Waals surface area contributed by atoms with Gasteiger partial charge in [-0.25, -0.2) is 4.98 Å². The Hall–Kier alpha value is -2.59. The monoisotopic (exact) mass is 305 g/mol. The molecule has 23 heavy (non-hydrogen) atoms. The summed E-state index contributed by atoms with van der Waals surface area (Å²) in [6.07, 6.45) is 2.13. The first-order chi connectivity index (χ1) is 11.4. The molecule has 0 spiro atoms. The van der Waals surface area contributed by atoms with Crippen LogP contribution in [0.15, 0.2) is 66.9 Å². The SMILES string of the molecule is c1ccc(-c2nc(N3CCOCC3)cn2-c2ccccc2)cc1. The summed E-state index contributed by atoms with van der Waals surface area (Å²) in [5.74, 6) is 1.98. The van der Waals surface area contributed by atoms with Crippen molar-refractivity contribution in [2.75, 3.05) is 31.2 Å². The van der Waals surface area contributed by atoms with Crippen molar-refractivity contribution in [3.05, 3.63) is 66.9 Å². The molecule has 4 nitrogen and oxygen atoms in total. The van der Waals surface area contributed by atoms with E-state index in [0.29, 0.717) is 0 Å².